The number of aromatic nitrogens is 3. The molecule has 6 nitrogen and oxygen atoms in total. The number of hydrogen-bond donors (Lipinski definition) is 0. The van der Waals surface area contributed by atoms with E-state index in [9.17, 15) is 13.6 Å². The molecule has 1 amide bonds. The van der Waals surface area contributed by atoms with Crippen LogP contribution in [0.3, 0.4) is 0 Å². The number of carbonyl (C=O) groups is 1. The van der Waals surface area contributed by atoms with Gasteiger partial charge in [-0.1, -0.05) is 50.7 Å². The average molecular weight is 445 g/mol. The molecule has 162 valence electrons. The molecule has 0 radical (unpaired) electrons. The number of benzene rings is 2. The van der Waals surface area contributed by atoms with Gasteiger partial charge in [-0.05, 0) is 35.2 Å². The number of ether oxygens (including phenoxy) is 1. The maximum absolute atomic E-state index is 14.2. The maximum Gasteiger partial charge on any atom is 0.252 e. The van der Waals surface area contributed by atoms with E-state index in [-0.39, 0.29) is 35.8 Å². The molecule has 3 aromatic rings. The third-order valence-electron chi connectivity index (χ3n) is 4.99. The molecular weight excluding hydrogens is 422 g/mol. The van der Waals surface area contributed by atoms with E-state index in [0.29, 0.717) is 16.7 Å². The lowest BCUT2D eigenvalue weighted by Gasteiger charge is -2.29. The van der Waals surface area contributed by atoms with Crippen LogP contribution in [0.25, 0.3) is 0 Å². The molecule has 0 bridgehead atoms. The number of halogens is 2. The first-order valence-corrected chi connectivity index (χ1v) is 10.8. The SMILES string of the molecule is CC(C)(C)c1ccc(OCc2nnc3n2N(Cc2c(F)cccc2F)C(=O)CS3)cc1. The summed E-state index contributed by atoms with van der Waals surface area (Å²) in [6.07, 6.45) is 0. The number of hydrogen-bond acceptors (Lipinski definition) is 5. The minimum Gasteiger partial charge on any atom is -0.486 e. The zero-order valence-corrected chi connectivity index (χ0v) is 18.2. The highest BCUT2D eigenvalue weighted by atomic mass is 32.2. The first-order chi connectivity index (χ1) is 14.7. The summed E-state index contributed by atoms with van der Waals surface area (Å²) in [5.41, 5.74) is 1.02. The average Bonchev–Trinajstić information content (AvgIpc) is 3.13. The van der Waals surface area contributed by atoms with E-state index in [4.69, 9.17) is 4.74 Å². The highest BCUT2D eigenvalue weighted by Gasteiger charge is 2.30. The predicted molar refractivity (Wildman–Crippen MR) is 114 cm³/mol. The van der Waals surface area contributed by atoms with Crippen LogP contribution >= 0.6 is 11.8 Å². The number of fused-ring (bicyclic) bond motifs is 1. The Morgan fingerprint density at radius 1 is 1.06 bits per heavy atom. The van der Waals surface area contributed by atoms with E-state index in [0.717, 1.165) is 0 Å². The standard InChI is InChI=1S/C22H22F2N4O2S/c1-22(2,3)14-7-9-15(10-8-14)30-12-19-25-26-21-28(19)27(20(29)13-31-21)11-16-17(23)5-4-6-18(16)24/h4-10H,11-13H2,1-3H3. The Balaban J connectivity index is 1.57. The van der Waals surface area contributed by atoms with E-state index in [1.165, 1.54) is 45.2 Å². The lowest BCUT2D eigenvalue weighted by atomic mass is 9.87. The first kappa shape index (κ1) is 21.3. The van der Waals surface area contributed by atoms with Crippen molar-refractivity contribution in [2.24, 2.45) is 0 Å². The molecule has 9 heteroatoms. The predicted octanol–water partition coefficient (Wildman–Crippen LogP) is 4.20. The van der Waals surface area contributed by atoms with Gasteiger partial charge in [0.2, 0.25) is 5.16 Å². The van der Waals surface area contributed by atoms with Crippen LogP contribution in [-0.4, -0.2) is 26.5 Å². The quantitative estimate of drug-likeness (QED) is 0.590. The zero-order valence-electron chi connectivity index (χ0n) is 17.4. The van der Waals surface area contributed by atoms with Gasteiger partial charge in [-0.25, -0.2) is 18.5 Å². The van der Waals surface area contributed by atoms with E-state index < -0.39 is 11.6 Å². The molecule has 0 N–H and O–H groups in total. The van der Waals surface area contributed by atoms with Crippen LogP contribution in [0, 0.1) is 11.6 Å². The lowest BCUT2D eigenvalue weighted by molar-refractivity contribution is -0.118. The van der Waals surface area contributed by atoms with Gasteiger partial charge >= 0.3 is 0 Å². The Hall–Kier alpha value is -2.94. The van der Waals surface area contributed by atoms with Crippen molar-refractivity contribution in [2.75, 3.05) is 10.8 Å². The van der Waals surface area contributed by atoms with E-state index in [2.05, 4.69) is 31.0 Å². The highest BCUT2D eigenvalue weighted by Crippen LogP contribution is 2.27. The molecule has 0 saturated heterocycles. The van der Waals surface area contributed by atoms with E-state index >= 15 is 0 Å². The summed E-state index contributed by atoms with van der Waals surface area (Å²) in [6, 6.07) is 11.4. The van der Waals surface area contributed by atoms with Crippen LogP contribution < -0.4 is 9.75 Å². The van der Waals surface area contributed by atoms with Crippen molar-refractivity contribution in [1.29, 1.82) is 0 Å². The van der Waals surface area contributed by atoms with Gasteiger partial charge in [0, 0.05) is 5.56 Å². The number of nitrogens with zero attached hydrogens (tertiary/aromatic N) is 4. The number of amides is 1. The molecule has 1 aromatic heterocycles. The van der Waals surface area contributed by atoms with Crippen LogP contribution in [0.1, 0.15) is 37.7 Å². The van der Waals surface area contributed by atoms with Crippen molar-refractivity contribution < 1.29 is 18.3 Å². The Kier molecular flexibility index (Phi) is 5.70. The Morgan fingerprint density at radius 2 is 1.74 bits per heavy atom. The van der Waals surface area contributed by atoms with Crippen LogP contribution in [0.4, 0.5) is 8.78 Å². The zero-order chi connectivity index (χ0) is 22.2. The molecule has 1 aliphatic heterocycles. The highest BCUT2D eigenvalue weighted by molar-refractivity contribution is 7.99. The molecule has 31 heavy (non-hydrogen) atoms. The first-order valence-electron chi connectivity index (χ1n) is 9.78. The van der Waals surface area contributed by atoms with Crippen LogP contribution in [0.5, 0.6) is 5.75 Å². The van der Waals surface area contributed by atoms with E-state index in [1.807, 2.05) is 24.3 Å². The van der Waals surface area contributed by atoms with Gasteiger partial charge in [-0.15, -0.1) is 10.2 Å². The largest absolute Gasteiger partial charge is 0.486 e. The number of carbonyl (C=O) groups excluding carboxylic acids is 1. The lowest BCUT2D eigenvalue weighted by Crippen LogP contribution is -2.45. The fourth-order valence-corrected chi connectivity index (χ4v) is 4.05. The van der Waals surface area contributed by atoms with Crippen molar-refractivity contribution >= 4 is 17.7 Å². The molecule has 0 aliphatic carbocycles. The summed E-state index contributed by atoms with van der Waals surface area (Å²) in [6.45, 7) is 6.18. The van der Waals surface area contributed by atoms with Crippen molar-refractivity contribution in [3.63, 3.8) is 0 Å². The summed E-state index contributed by atoms with van der Waals surface area (Å²) in [5.74, 6) is -0.590. The van der Waals surface area contributed by atoms with Gasteiger partial charge in [-0.2, -0.15) is 0 Å². The second kappa shape index (κ2) is 8.30. The van der Waals surface area contributed by atoms with Gasteiger partial charge in [0.15, 0.2) is 5.82 Å². The minimum absolute atomic E-state index is 0.0324. The number of thioether (sulfide) groups is 1. The molecule has 0 atom stereocenters. The second-order valence-electron chi connectivity index (χ2n) is 8.21. The molecule has 2 heterocycles. The topological polar surface area (TPSA) is 60.3 Å². The summed E-state index contributed by atoms with van der Waals surface area (Å²) >= 11 is 1.22. The van der Waals surface area contributed by atoms with Gasteiger partial charge in [0.1, 0.15) is 24.0 Å². The van der Waals surface area contributed by atoms with Gasteiger partial charge < -0.3 is 4.74 Å². The summed E-state index contributed by atoms with van der Waals surface area (Å²) in [7, 11) is 0. The fraction of sp³-hybridized carbons (Fsp3) is 0.318. The normalized spacial score (nSPS) is 14.0. The Labute approximate surface area is 183 Å². The molecule has 4 rings (SSSR count). The van der Waals surface area contributed by atoms with Gasteiger partial charge in [0.05, 0.1) is 12.3 Å². The number of rotatable bonds is 5. The third-order valence-corrected chi connectivity index (χ3v) is 5.89. The van der Waals surface area contributed by atoms with Gasteiger partial charge in [-0.3, -0.25) is 4.79 Å². The summed E-state index contributed by atoms with van der Waals surface area (Å²) in [5, 5.41) is 9.96. The minimum atomic E-state index is -0.711. The summed E-state index contributed by atoms with van der Waals surface area (Å²) < 4.78 is 35.7. The molecule has 0 unspecified atom stereocenters. The van der Waals surface area contributed by atoms with Crippen LogP contribution in [0.15, 0.2) is 47.6 Å². The van der Waals surface area contributed by atoms with Crippen LogP contribution in [0.2, 0.25) is 0 Å². The van der Waals surface area contributed by atoms with Crippen molar-refractivity contribution in [2.45, 2.75) is 44.5 Å². The molecular formula is C22H22F2N4O2S. The monoisotopic (exact) mass is 444 g/mol. The van der Waals surface area contributed by atoms with Crippen molar-refractivity contribution in [3.05, 3.63) is 71.1 Å². The molecule has 0 fully saturated rings. The fourth-order valence-electron chi connectivity index (χ4n) is 3.22. The van der Waals surface area contributed by atoms with Gasteiger partial charge in [0.25, 0.3) is 5.91 Å². The molecule has 1 aliphatic rings. The Morgan fingerprint density at radius 3 is 2.39 bits per heavy atom. The Bertz CT molecular complexity index is 1090. The molecule has 2 aromatic carbocycles. The van der Waals surface area contributed by atoms with Crippen molar-refractivity contribution in [1.82, 2.24) is 14.9 Å². The second-order valence-corrected chi connectivity index (χ2v) is 9.16. The maximum atomic E-state index is 14.2. The van der Waals surface area contributed by atoms with Crippen LogP contribution in [-0.2, 0) is 23.4 Å². The molecule has 0 saturated carbocycles. The summed E-state index contributed by atoms with van der Waals surface area (Å²) in [4.78, 5) is 12.6. The molecule has 0 spiro atoms. The van der Waals surface area contributed by atoms with E-state index in [1.54, 1.807) is 0 Å². The third kappa shape index (κ3) is 4.41. The smallest absolute Gasteiger partial charge is 0.252 e. The van der Waals surface area contributed by atoms with Crippen molar-refractivity contribution in [3.8, 4) is 5.75 Å².